The first-order valence-corrected chi connectivity index (χ1v) is 17.1. The fourth-order valence-electron chi connectivity index (χ4n) is 7.94. The van der Waals surface area contributed by atoms with Gasteiger partial charge in [0.1, 0.15) is 18.2 Å². The van der Waals surface area contributed by atoms with E-state index in [9.17, 15) is 0 Å². The second-order valence-electron chi connectivity index (χ2n) is 13.6. The first-order chi connectivity index (χ1) is 24.1. The monoisotopic (exact) mass is 631 g/mol. The maximum atomic E-state index is 5.17. The topological polar surface area (TPSA) is 36.4 Å². The van der Waals surface area contributed by atoms with Gasteiger partial charge in [0.25, 0.3) is 0 Å². The molecule has 49 heavy (non-hydrogen) atoms. The highest BCUT2D eigenvalue weighted by molar-refractivity contribution is 6.01. The van der Waals surface area contributed by atoms with Crippen LogP contribution in [0.15, 0.2) is 169 Å². The highest BCUT2D eigenvalue weighted by Gasteiger charge is 2.36. The summed E-state index contributed by atoms with van der Waals surface area (Å²) in [7, 11) is 0. The van der Waals surface area contributed by atoms with Gasteiger partial charge in [-0.2, -0.15) is 0 Å². The van der Waals surface area contributed by atoms with Gasteiger partial charge < -0.3 is 5.32 Å². The van der Waals surface area contributed by atoms with E-state index in [-0.39, 0.29) is 17.7 Å². The molecule has 2 unspecified atom stereocenters. The summed E-state index contributed by atoms with van der Waals surface area (Å²) in [6, 6.07) is 59.0. The molecular weight excluding hydrogens is 595 g/mol. The standard InChI is InChI=1S/C46H37N3/c1-46(2)39-22-12-11-20-38(39)41-35(21-13-23-40(41)46)31-24-26-32(27-25-31)37-29-28-30-14-9-10-19-36(30)42(37)45-48-43(33-15-5-3-6-16-33)47-44(49-45)34-17-7-4-8-18-34/h3-29,43,45,48H,1-2H3,(H,47,49). The van der Waals surface area contributed by atoms with Crippen molar-refractivity contribution in [2.75, 3.05) is 0 Å². The lowest BCUT2D eigenvalue weighted by molar-refractivity contribution is 0.411. The zero-order valence-corrected chi connectivity index (χ0v) is 27.7. The maximum Gasteiger partial charge on any atom is 0.131 e. The third-order valence-electron chi connectivity index (χ3n) is 10.4. The molecule has 1 heterocycles. The fourth-order valence-corrected chi connectivity index (χ4v) is 7.94. The van der Waals surface area contributed by atoms with Crippen LogP contribution in [0.2, 0.25) is 0 Å². The van der Waals surface area contributed by atoms with Crippen LogP contribution in [0.4, 0.5) is 0 Å². The lowest BCUT2D eigenvalue weighted by atomic mass is 9.82. The highest BCUT2D eigenvalue weighted by atomic mass is 15.3. The second kappa shape index (κ2) is 11.7. The first kappa shape index (κ1) is 29.4. The van der Waals surface area contributed by atoms with Crippen molar-refractivity contribution in [2.45, 2.75) is 31.6 Å². The average Bonchev–Trinajstić information content (AvgIpc) is 3.41. The summed E-state index contributed by atoms with van der Waals surface area (Å²) in [5.74, 6) is 0.883. The van der Waals surface area contributed by atoms with Crippen molar-refractivity contribution in [2.24, 2.45) is 4.99 Å². The summed E-state index contributed by atoms with van der Waals surface area (Å²) < 4.78 is 0. The molecule has 1 aliphatic carbocycles. The molecule has 236 valence electrons. The van der Waals surface area contributed by atoms with E-state index < -0.39 is 0 Å². The minimum Gasteiger partial charge on any atom is -0.350 e. The van der Waals surface area contributed by atoms with E-state index in [0.29, 0.717) is 0 Å². The summed E-state index contributed by atoms with van der Waals surface area (Å²) in [6.07, 6.45) is -0.390. The Balaban J connectivity index is 1.16. The number of benzene rings is 7. The minimum absolute atomic E-state index is 0.0264. The summed E-state index contributed by atoms with van der Waals surface area (Å²) in [6.45, 7) is 4.69. The third-order valence-corrected chi connectivity index (χ3v) is 10.4. The van der Waals surface area contributed by atoms with Crippen LogP contribution in [0.5, 0.6) is 0 Å². The summed E-state index contributed by atoms with van der Waals surface area (Å²) >= 11 is 0. The molecule has 0 saturated carbocycles. The van der Waals surface area contributed by atoms with Crippen LogP contribution in [0.1, 0.15) is 54.0 Å². The van der Waals surface area contributed by atoms with Gasteiger partial charge in [0.05, 0.1) is 0 Å². The van der Waals surface area contributed by atoms with E-state index in [2.05, 4.69) is 182 Å². The lowest BCUT2D eigenvalue weighted by Crippen LogP contribution is -2.45. The molecule has 0 saturated heterocycles. The Morgan fingerprint density at radius 1 is 0.510 bits per heavy atom. The zero-order chi connectivity index (χ0) is 33.0. The number of nitrogens with one attached hydrogen (secondary N) is 2. The van der Waals surface area contributed by atoms with Gasteiger partial charge in [-0.1, -0.05) is 178 Å². The maximum absolute atomic E-state index is 5.17. The van der Waals surface area contributed by atoms with Crippen molar-refractivity contribution in [1.29, 1.82) is 0 Å². The number of fused-ring (bicyclic) bond motifs is 4. The molecule has 7 aromatic rings. The molecule has 2 N–H and O–H groups in total. The van der Waals surface area contributed by atoms with Gasteiger partial charge >= 0.3 is 0 Å². The molecule has 0 fully saturated rings. The minimum atomic E-state index is -0.204. The van der Waals surface area contributed by atoms with Gasteiger partial charge in [0, 0.05) is 16.5 Å². The van der Waals surface area contributed by atoms with Crippen molar-refractivity contribution in [1.82, 2.24) is 10.6 Å². The van der Waals surface area contributed by atoms with Crippen LogP contribution in [0.25, 0.3) is 44.2 Å². The van der Waals surface area contributed by atoms with E-state index in [1.165, 1.54) is 60.8 Å². The number of amidine groups is 1. The number of aliphatic imine (C=N–C) groups is 1. The Morgan fingerprint density at radius 3 is 1.94 bits per heavy atom. The largest absolute Gasteiger partial charge is 0.350 e. The van der Waals surface area contributed by atoms with Crippen molar-refractivity contribution in [3.8, 4) is 33.4 Å². The predicted molar refractivity (Wildman–Crippen MR) is 204 cm³/mol. The van der Waals surface area contributed by atoms with Crippen molar-refractivity contribution in [3.63, 3.8) is 0 Å². The Kier molecular flexibility index (Phi) is 7.03. The molecule has 7 aromatic carbocycles. The predicted octanol–water partition coefficient (Wildman–Crippen LogP) is 10.8. The van der Waals surface area contributed by atoms with Gasteiger partial charge in [-0.05, 0) is 60.8 Å². The van der Waals surface area contributed by atoms with Crippen molar-refractivity contribution >= 4 is 16.6 Å². The molecular formula is C46H37N3. The van der Waals surface area contributed by atoms with Crippen molar-refractivity contribution < 1.29 is 0 Å². The summed E-state index contributed by atoms with van der Waals surface area (Å²) in [5, 5.41) is 10.1. The van der Waals surface area contributed by atoms with Gasteiger partial charge in [-0.25, -0.2) is 4.99 Å². The highest BCUT2D eigenvalue weighted by Crippen LogP contribution is 2.52. The molecule has 2 aliphatic rings. The van der Waals surface area contributed by atoms with E-state index in [1.807, 2.05) is 6.07 Å². The van der Waals surface area contributed by atoms with Gasteiger partial charge in [-0.15, -0.1) is 0 Å². The molecule has 0 aromatic heterocycles. The van der Waals surface area contributed by atoms with Crippen LogP contribution < -0.4 is 10.6 Å². The van der Waals surface area contributed by atoms with Gasteiger partial charge in [0.15, 0.2) is 0 Å². The van der Waals surface area contributed by atoms with Crippen LogP contribution in [0, 0.1) is 0 Å². The van der Waals surface area contributed by atoms with Crippen LogP contribution >= 0.6 is 0 Å². The van der Waals surface area contributed by atoms with Crippen molar-refractivity contribution in [3.05, 3.63) is 192 Å². The Labute approximate surface area is 288 Å². The number of nitrogens with zero attached hydrogens (tertiary/aromatic N) is 1. The van der Waals surface area contributed by atoms with Gasteiger partial charge in [0.2, 0.25) is 0 Å². The quantitative estimate of drug-likeness (QED) is 0.198. The van der Waals surface area contributed by atoms with E-state index in [1.54, 1.807) is 0 Å². The normalized spacial score (nSPS) is 17.6. The zero-order valence-electron chi connectivity index (χ0n) is 27.7. The molecule has 0 radical (unpaired) electrons. The van der Waals surface area contributed by atoms with Crippen LogP contribution in [-0.2, 0) is 5.41 Å². The molecule has 3 heteroatoms. The number of hydrogen-bond donors (Lipinski definition) is 2. The summed E-state index contributed by atoms with van der Waals surface area (Å²) in [4.78, 5) is 5.17. The van der Waals surface area contributed by atoms with Crippen LogP contribution in [-0.4, -0.2) is 5.84 Å². The Hall–Kier alpha value is -5.77. The smallest absolute Gasteiger partial charge is 0.131 e. The molecule has 1 aliphatic heterocycles. The lowest BCUT2D eigenvalue weighted by Gasteiger charge is -2.34. The SMILES string of the molecule is CC1(C)c2ccccc2-c2c(-c3ccc(-c4ccc5ccccc5c4C4NC(c5ccccc5)=NC(c5ccccc5)N4)cc3)cccc21. The first-order valence-electron chi connectivity index (χ1n) is 17.1. The molecule has 0 amide bonds. The molecule has 9 rings (SSSR count). The van der Waals surface area contributed by atoms with E-state index in [0.717, 1.165) is 17.0 Å². The molecule has 3 nitrogen and oxygen atoms in total. The summed E-state index contributed by atoms with van der Waals surface area (Å²) in [5.41, 5.74) is 13.8. The molecule has 2 atom stereocenters. The average molecular weight is 632 g/mol. The number of hydrogen-bond acceptors (Lipinski definition) is 3. The van der Waals surface area contributed by atoms with E-state index >= 15 is 0 Å². The Morgan fingerprint density at radius 2 is 1.14 bits per heavy atom. The molecule has 0 spiro atoms. The fraction of sp³-hybridized carbons (Fsp3) is 0.109. The third kappa shape index (κ3) is 4.97. The Bertz CT molecular complexity index is 2360. The molecule has 0 bridgehead atoms. The van der Waals surface area contributed by atoms with Crippen LogP contribution in [0.3, 0.4) is 0 Å². The van der Waals surface area contributed by atoms with E-state index in [4.69, 9.17) is 4.99 Å². The second-order valence-corrected chi connectivity index (χ2v) is 13.6. The number of rotatable bonds is 5. The van der Waals surface area contributed by atoms with Gasteiger partial charge in [-0.3, -0.25) is 5.32 Å².